The highest BCUT2D eigenvalue weighted by Gasteiger charge is 2.20. The molecular weight excluding hydrogens is 483 g/mol. The number of H-pyrrole nitrogens is 1. The van der Waals surface area contributed by atoms with Gasteiger partial charge in [-0.25, -0.2) is 4.98 Å². The van der Waals surface area contributed by atoms with Gasteiger partial charge >= 0.3 is 0 Å². The number of rotatable bonds is 5. The van der Waals surface area contributed by atoms with E-state index in [1.165, 1.54) is 6.20 Å². The van der Waals surface area contributed by atoms with Crippen LogP contribution in [0.4, 0.5) is 15.9 Å². The van der Waals surface area contributed by atoms with Gasteiger partial charge in [0.2, 0.25) is 5.95 Å². The monoisotopic (exact) mass is 508 g/mol. The van der Waals surface area contributed by atoms with E-state index in [9.17, 15) is 4.79 Å². The Morgan fingerprint density at radius 2 is 1.81 bits per heavy atom. The summed E-state index contributed by atoms with van der Waals surface area (Å²) < 4.78 is 20.6. The lowest BCUT2D eigenvalue weighted by Gasteiger charge is -2.31. The van der Waals surface area contributed by atoms with Crippen LogP contribution in [-0.4, -0.2) is 60.3 Å². The van der Waals surface area contributed by atoms with Crippen molar-refractivity contribution in [3.63, 3.8) is 0 Å². The van der Waals surface area contributed by atoms with Gasteiger partial charge in [0.05, 0.1) is 18.2 Å². The molecule has 10 heteroatoms. The Labute approximate surface area is 212 Å². The number of benzene rings is 2. The van der Waals surface area contributed by atoms with Crippen LogP contribution in [0.2, 0.25) is 5.02 Å². The molecule has 4 aromatic rings. The van der Waals surface area contributed by atoms with Crippen LogP contribution in [0.1, 0.15) is 5.56 Å². The average molecular weight is 509 g/mol. The molecule has 1 aliphatic heterocycles. The number of aromatic amines is 1. The molecular formula is C26H26ClFN6O2. The quantitative estimate of drug-likeness (QED) is 0.421. The molecule has 1 aliphatic rings. The summed E-state index contributed by atoms with van der Waals surface area (Å²) in [5, 5.41) is 1.37. The molecule has 186 valence electrons. The maximum atomic E-state index is 15.1. The van der Waals surface area contributed by atoms with Crippen LogP contribution >= 0.6 is 11.6 Å². The van der Waals surface area contributed by atoms with Crippen LogP contribution in [-0.2, 0) is 11.3 Å². The maximum Gasteiger partial charge on any atom is 0.255 e. The number of aromatic nitrogens is 3. The van der Waals surface area contributed by atoms with Gasteiger partial charge in [-0.3, -0.25) is 4.79 Å². The molecule has 0 amide bonds. The smallest absolute Gasteiger partial charge is 0.255 e. The number of nitrogens with zero attached hydrogens (tertiary/aromatic N) is 4. The second kappa shape index (κ2) is 9.85. The number of pyridine rings is 1. The SMILES string of the molecule is CN(C)Cc1cc(-c2nc(-c3ccc4c(=O)[nH]cc(Cl)c4c3)c(N)nc2F)ccc1N1CCOCC1. The second-order valence-electron chi connectivity index (χ2n) is 9.00. The number of ether oxygens (including phenoxy) is 1. The minimum Gasteiger partial charge on any atom is -0.382 e. The number of fused-ring (bicyclic) bond motifs is 1. The Morgan fingerprint density at radius 3 is 2.56 bits per heavy atom. The van der Waals surface area contributed by atoms with Crippen molar-refractivity contribution in [1.82, 2.24) is 19.9 Å². The van der Waals surface area contributed by atoms with Crippen molar-refractivity contribution in [2.45, 2.75) is 6.54 Å². The number of nitrogens with two attached hydrogens (primary N) is 1. The van der Waals surface area contributed by atoms with Gasteiger partial charge in [-0.15, -0.1) is 0 Å². The standard InChI is InChI=1S/C26H26ClFN6O2/c1-33(2)14-17-11-15(4-6-21(17)34-7-9-36-10-8-34)22-24(28)32-25(29)23(31-22)16-3-5-18-19(12-16)20(27)13-30-26(18)35/h3-6,11-13H,7-10,14H2,1-2H3,(H2,29,32)(H,30,35). The molecule has 0 radical (unpaired) electrons. The first-order valence-corrected chi connectivity index (χ1v) is 11.9. The van der Waals surface area contributed by atoms with Gasteiger partial charge in [-0.1, -0.05) is 23.7 Å². The summed E-state index contributed by atoms with van der Waals surface area (Å²) >= 11 is 6.31. The molecule has 0 aliphatic carbocycles. The summed E-state index contributed by atoms with van der Waals surface area (Å²) in [6.07, 6.45) is 1.43. The van der Waals surface area contributed by atoms with Gasteiger partial charge < -0.3 is 25.3 Å². The van der Waals surface area contributed by atoms with E-state index in [1.807, 2.05) is 32.3 Å². The van der Waals surface area contributed by atoms with Crippen LogP contribution < -0.4 is 16.2 Å². The summed E-state index contributed by atoms with van der Waals surface area (Å²) in [6, 6.07) is 10.9. The van der Waals surface area contributed by atoms with Crippen molar-refractivity contribution >= 4 is 33.9 Å². The third-order valence-electron chi connectivity index (χ3n) is 6.20. The molecule has 3 heterocycles. The third-order valence-corrected chi connectivity index (χ3v) is 6.51. The second-order valence-corrected chi connectivity index (χ2v) is 9.41. The molecule has 0 saturated carbocycles. The lowest BCUT2D eigenvalue weighted by Crippen LogP contribution is -2.37. The van der Waals surface area contributed by atoms with Crippen LogP contribution in [0.15, 0.2) is 47.4 Å². The number of hydrogen-bond acceptors (Lipinski definition) is 7. The summed E-state index contributed by atoms with van der Waals surface area (Å²) in [7, 11) is 3.99. The molecule has 0 spiro atoms. The topological polar surface area (TPSA) is 100 Å². The highest BCUT2D eigenvalue weighted by molar-refractivity contribution is 6.35. The first kappa shape index (κ1) is 24.2. The molecule has 36 heavy (non-hydrogen) atoms. The Bertz CT molecular complexity index is 1500. The van der Waals surface area contributed by atoms with E-state index >= 15 is 4.39 Å². The summed E-state index contributed by atoms with van der Waals surface area (Å²) in [6.45, 7) is 3.62. The Balaban J connectivity index is 1.61. The number of nitrogen functional groups attached to an aromatic ring is 1. The van der Waals surface area contributed by atoms with Crippen LogP contribution in [0.25, 0.3) is 33.3 Å². The minimum absolute atomic E-state index is 0.0463. The van der Waals surface area contributed by atoms with Crippen molar-refractivity contribution in [2.24, 2.45) is 0 Å². The van der Waals surface area contributed by atoms with Crippen LogP contribution in [0, 0.1) is 5.95 Å². The van der Waals surface area contributed by atoms with E-state index < -0.39 is 5.95 Å². The summed E-state index contributed by atoms with van der Waals surface area (Å²) in [5.41, 5.74) is 9.58. The van der Waals surface area contributed by atoms with Crippen molar-refractivity contribution < 1.29 is 9.13 Å². The van der Waals surface area contributed by atoms with E-state index in [-0.39, 0.29) is 17.1 Å². The van der Waals surface area contributed by atoms with Crippen molar-refractivity contribution in [3.8, 4) is 22.5 Å². The zero-order chi connectivity index (χ0) is 25.4. The number of hydrogen-bond donors (Lipinski definition) is 2. The van der Waals surface area contributed by atoms with E-state index in [2.05, 4.69) is 24.8 Å². The number of nitrogens with one attached hydrogen (secondary N) is 1. The minimum atomic E-state index is -0.749. The zero-order valence-electron chi connectivity index (χ0n) is 20.0. The highest BCUT2D eigenvalue weighted by Crippen LogP contribution is 2.33. The largest absolute Gasteiger partial charge is 0.382 e. The molecule has 0 bridgehead atoms. The Morgan fingerprint density at radius 1 is 1.08 bits per heavy atom. The van der Waals surface area contributed by atoms with E-state index in [0.29, 0.717) is 52.4 Å². The first-order chi connectivity index (χ1) is 17.3. The van der Waals surface area contributed by atoms with Gasteiger partial charge in [0.1, 0.15) is 11.4 Å². The fourth-order valence-electron chi connectivity index (χ4n) is 4.51. The molecule has 1 saturated heterocycles. The van der Waals surface area contributed by atoms with Crippen molar-refractivity contribution in [2.75, 3.05) is 51.0 Å². The van der Waals surface area contributed by atoms with Gasteiger partial charge in [-0.2, -0.15) is 9.37 Å². The fourth-order valence-corrected chi connectivity index (χ4v) is 4.72. The number of morpholine rings is 1. The van der Waals surface area contributed by atoms with E-state index in [4.69, 9.17) is 22.1 Å². The highest BCUT2D eigenvalue weighted by atomic mass is 35.5. The fraction of sp³-hybridized carbons (Fsp3) is 0.269. The number of anilines is 2. The van der Waals surface area contributed by atoms with Crippen molar-refractivity contribution in [3.05, 3.63) is 69.5 Å². The lowest BCUT2D eigenvalue weighted by atomic mass is 10.0. The predicted octanol–water partition coefficient (Wildman–Crippen LogP) is 3.93. The van der Waals surface area contributed by atoms with Crippen molar-refractivity contribution in [1.29, 1.82) is 0 Å². The van der Waals surface area contributed by atoms with E-state index in [1.54, 1.807) is 18.2 Å². The summed E-state index contributed by atoms with van der Waals surface area (Å²) in [5.74, 6) is -0.795. The maximum absolute atomic E-state index is 15.1. The lowest BCUT2D eigenvalue weighted by molar-refractivity contribution is 0.122. The molecule has 2 aromatic heterocycles. The molecule has 3 N–H and O–H groups in total. The van der Waals surface area contributed by atoms with Gasteiger partial charge in [-0.05, 0) is 43.9 Å². The molecule has 2 aromatic carbocycles. The molecule has 0 atom stereocenters. The molecule has 0 unspecified atom stereocenters. The average Bonchev–Trinajstić information content (AvgIpc) is 2.86. The predicted molar refractivity (Wildman–Crippen MR) is 141 cm³/mol. The van der Waals surface area contributed by atoms with Gasteiger partial charge in [0.25, 0.3) is 5.56 Å². The van der Waals surface area contributed by atoms with Crippen LogP contribution in [0.3, 0.4) is 0 Å². The van der Waals surface area contributed by atoms with Crippen LogP contribution in [0.5, 0.6) is 0 Å². The molecule has 8 nitrogen and oxygen atoms in total. The molecule has 1 fully saturated rings. The van der Waals surface area contributed by atoms with Gasteiger partial charge in [0, 0.05) is 53.4 Å². The van der Waals surface area contributed by atoms with E-state index in [0.717, 1.165) is 24.3 Å². The Kier molecular flexibility index (Phi) is 6.61. The Hall–Kier alpha value is -3.53. The first-order valence-electron chi connectivity index (χ1n) is 11.6. The normalized spacial score (nSPS) is 14.1. The molecule has 5 rings (SSSR count). The summed E-state index contributed by atoms with van der Waals surface area (Å²) in [4.78, 5) is 27.6. The third kappa shape index (κ3) is 4.65. The number of halogens is 2. The zero-order valence-corrected chi connectivity index (χ0v) is 20.8. The van der Waals surface area contributed by atoms with Gasteiger partial charge in [0.15, 0.2) is 5.82 Å².